The molecular weight excluding hydrogens is 340 g/mol. The molecule has 3 heterocycles. The summed E-state index contributed by atoms with van der Waals surface area (Å²) in [6.45, 7) is 2.57. The molecule has 6 nitrogen and oxygen atoms in total. The Morgan fingerprint density at radius 1 is 1.12 bits per heavy atom. The molecular formula is C16H14N6S2. The monoisotopic (exact) mass is 354 g/mol. The minimum absolute atomic E-state index is 0.504. The number of nitrogens with zero attached hydrogens (tertiary/aromatic N) is 5. The molecule has 0 aliphatic carbocycles. The Kier molecular flexibility index (Phi) is 4.06. The summed E-state index contributed by atoms with van der Waals surface area (Å²) in [6.07, 6.45) is 0. The van der Waals surface area contributed by atoms with Gasteiger partial charge in [-0.15, -0.1) is 32.9 Å². The van der Waals surface area contributed by atoms with E-state index < -0.39 is 0 Å². The average Bonchev–Trinajstić information content (AvgIpc) is 3.32. The van der Waals surface area contributed by atoms with Crippen LogP contribution in [0, 0.1) is 6.92 Å². The van der Waals surface area contributed by atoms with Crippen molar-refractivity contribution in [2.75, 3.05) is 5.32 Å². The first-order valence-corrected chi connectivity index (χ1v) is 9.12. The van der Waals surface area contributed by atoms with Gasteiger partial charge in [-0.3, -0.25) is 0 Å². The summed E-state index contributed by atoms with van der Waals surface area (Å²) in [5.41, 5.74) is 3.17. The second-order valence-corrected chi connectivity index (χ2v) is 7.06. The topological polar surface area (TPSA) is 68.5 Å². The molecule has 0 saturated carbocycles. The molecule has 120 valence electrons. The lowest BCUT2D eigenvalue weighted by Crippen LogP contribution is -2.04. The zero-order valence-electron chi connectivity index (χ0n) is 12.9. The van der Waals surface area contributed by atoms with Crippen LogP contribution in [0.5, 0.6) is 0 Å². The van der Waals surface area contributed by atoms with Crippen LogP contribution in [0.3, 0.4) is 0 Å². The van der Waals surface area contributed by atoms with Gasteiger partial charge in [0, 0.05) is 11.1 Å². The fourth-order valence-electron chi connectivity index (χ4n) is 2.16. The molecule has 0 radical (unpaired) electrons. The number of nitrogens with one attached hydrogen (secondary N) is 1. The van der Waals surface area contributed by atoms with E-state index in [4.69, 9.17) is 0 Å². The van der Waals surface area contributed by atoms with Crippen molar-refractivity contribution in [1.29, 1.82) is 0 Å². The van der Waals surface area contributed by atoms with Crippen LogP contribution in [0.1, 0.15) is 11.3 Å². The number of hydrogen-bond acceptors (Lipinski definition) is 7. The maximum atomic E-state index is 4.58. The van der Waals surface area contributed by atoms with Crippen molar-refractivity contribution in [3.8, 4) is 10.7 Å². The first kappa shape index (κ1) is 15.0. The van der Waals surface area contributed by atoms with Crippen LogP contribution < -0.4 is 5.32 Å². The molecule has 4 aromatic rings. The van der Waals surface area contributed by atoms with Crippen LogP contribution in [0.15, 0.2) is 47.2 Å². The fourth-order valence-corrected chi connectivity index (χ4v) is 3.53. The Balaban J connectivity index is 1.44. The van der Waals surface area contributed by atoms with E-state index in [-0.39, 0.29) is 0 Å². The van der Waals surface area contributed by atoms with Crippen molar-refractivity contribution in [2.45, 2.75) is 13.5 Å². The molecule has 0 fully saturated rings. The number of benzene rings is 1. The van der Waals surface area contributed by atoms with Crippen molar-refractivity contribution in [3.63, 3.8) is 0 Å². The van der Waals surface area contributed by atoms with Gasteiger partial charge in [0.2, 0.25) is 5.82 Å². The summed E-state index contributed by atoms with van der Waals surface area (Å²) in [5.74, 6) is 0.651. The summed E-state index contributed by atoms with van der Waals surface area (Å²) in [5, 5.41) is 20.8. The summed E-state index contributed by atoms with van der Waals surface area (Å²) >= 11 is 3.16. The molecule has 24 heavy (non-hydrogen) atoms. The second kappa shape index (κ2) is 6.50. The molecule has 0 amide bonds. The zero-order chi connectivity index (χ0) is 16.4. The summed E-state index contributed by atoms with van der Waals surface area (Å²) in [7, 11) is 0. The first-order chi connectivity index (χ1) is 11.8. The predicted octanol–water partition coefficient (Wildman–Crippen LogP) is 3.96. The first-order valence-electron chi connectivity index (χ1n) is 7.36. The average molecular weight is 354 g/mol. The number of aromatic nitrogens is 5. The lowest BCUT2D eigenvalue weighted by molar-refractivity contribution is 0.566. The lowest BCUT2D eigenvalue weighted by Gasteiger charge is -2.02. The predicted molar refractivity (Wildman–Crippen MR) is 96.8 cm³/mol. The third-order valence-electron chi connectivity index (χ3n) is 3.35. The summed E-state index contributed by atoms with van der Waals surface area (Å²) in [6, 6.07) is 12.2. The van der Waals surface area contributed by atoms with Crippen LogP contribution in [0.2, 0.25) is 0 Å². The Morgan fingerprint density at radius 3 is 2.79 bits per heavy atom. The largest absolute Gasteiger partial charge is 0.332 e. The minimum atomic E-state index is 0.504. The molecule has 0 spiro atoms. The minimum Gasteiger partial charge on any atom is -0.332 e. The van der Waals surface area contributed by atoms with E-state index in [0.717, 1.165) is 21.4 Å². The number of thiophene rings is 1. The number of thiazole rings is 1. The third-order valence-corrected chi connectivity index (χ3v) is 5.02. The number of hydrogen-bond donors (Lipinski definition) is 1. The van der Waals surface area contributed by atoms with Crippen LogP contribution in [0.25, 0.3) is 10.7 Å². The van der Waals surface area contributed by atoms with Crippen molar-refractivity contribution >= 4 is 33.5 Å². The van der Waals surface area contributed by atoms with Gasteiger partial charge in [0.1, 0.15) is 6.54 Å². The number of anilines is 2. The quantitative estimate of drug-likeness (QED) is 0.587. The van der Waals surface area contributed by atoms with Crippen molar-refractivity contribution in [3.05, 3.63) is 58.4 Å². The SMILES string of the molecule is Cc1ccc(Nc2nc(Cn3nnc(-c4cccs4)n3)cs2)cc1. The van der Waals surface area contributed by atoms with Crippen LogP contribution in [0.4, 0.5) is 10.8 Å². The number of tetrazole rings is 1. The van der Waals surface area contributed by atoms with Crippen molar-refractivity contribution in [1.82, 2.24) is 25.2 Å². The Bertz CT molecular complexity index is 924. The summed E-state index contributed by atoms with van der Waals surface area (Å²) < 4.78 is 0. The smallest absolute Gasteiger partial charge is 0.214 e. The molecule has 1 aromatic carbocycles. The number of rotatable bonds is 5. The molecule has 0 bridgehead atoms. The van der Waals surface area contributed by atoms with Crippen molar-refractivity contribution in [2.24, 2.45) is 0 Å². The van der Waals surface area contributed by atoms with Gasteiger partial charge < -0.3 is 5.32 Å². The molecule has 1 N–H and O–H groups in total. The Labute approximate surface area is 146 Å². The highest BCUT2D eigenvalue weighted by Crippen LogP contribution is 2.22. The summed E-state index contributed by atoms with van der Waals surface area (Å²) in [4.78, 5) is 7.16. The van der Waals surface area contributed by atoms with E-state index >= 15 is 0 Å². The van der Waals surface area contributed by atoms with Gasteiger partial charge in [0.15, 0.2) is 5.13 Å². The van der Waals surface area contributed by atoms with Crippen LogP contribution in [-0.2, 0) is 6.54 Å². The molecule has 0 atom stereocenters. The van der Waals surface area contributed by atoms with E-state index in [1.54, 1.807) is 27.5 Å². The molecule has 8 heteroatoms. The van der Waals surface area contributed by atoms with E-state index in [1.165, 1.54) is 5.56 Å². The van der Waals surface area contributed by atoms with Crippen LogP contribution >= 0.6 is 22.7 Å². The maximum Gasteiger partial charge on any atom is 0.214 e. The van der Waals surface area contributed by atoms with Gasteiger partial charge in [0.05, 0.1) is 10.6 Å². The molecule has 0 unspecified atom stereocenters. The highest BCUT2D eigenvalue weighted by Gasteiger charge is 2.09. The van der Waals surface area contributed by atoms with Gasteiger partial charge in [-0.05, 0) is 35.7 Å². The second-order valence-electron chi connectivity index (χ2n) is 5.26. The van der Waals surface area contributed by atoms with E-state index in [9.17, 15) is 0 Å². The van der Waals surface area contributed by atoms with Gasteiger partial charge >= 0.3 is 0 Å². The molecule has 0 aliphatic rings. The van der Waals surface area contributed by atoms with Gasteiger partial charge in [-0.1, -0.05) is 23.8 Å². The highest BCUT2D eigenvalue weighted by atomic mass is 32.1. The molecule has 0 saturated heterocycles. The van der Waals surface area contributed by atoms with Crippen molar-refractivity contribution < 1.29 is 0 Å². The van der Waals surface area contributed by atoms with Gasteiger partial charge in [0.25, 0.3) is 0 Å². The van der Waals surface area contributed by atoms with E-state index in [0.29, 0.717) is 12.4 Å². The van der Waals surface area contributed by atoms with Crippen LogP contribution in [-0.4, -0.2) is 25.2 Å². The van der Waals surface area contributed by atoms with Gasteiger partial charge in [-0.25, -0.2) is 4.98 Å². The zero-order valence-corrected chi connectivity index (χ0v) is 14.5. The fraction of sp³-hybridized carbons (Fsp3) is 0.125. The lowest BCUT2D eigenvalue weighted by atomic mass is 10.2. The Morgan fingerprint density at radius 2 is 2.00 bits per heavy atom. The van der Waals surface area contributed by atoms with E-state index in [2.05, 4.69) is 44.8 Å². The Hall–Kier alpha value is -2.58. The maximum absolute atomic E-state index is 4.58. The van der Waals surface area contributed by atoms with E-state index in [1.807, 2.05) is 35.0 Å². The normalized spacial score (nSPS) is 10.9. The molecule has 3 aromatic heterocycles. The van der Waals surface area contributed by atoms with Gasteiger partial charge in [-0.2, -0.15) is 4.80 Å². The molecule has 0 aliphatic heterocycles. The standard InChI is InChI=1S/C16H14N6S2/c1-11-4-6-12(7-5-11)17-16-18-13(10-24-16)9-22-20-15(19-21-22)14-3-2-8-23-14/h2-8,10H,9H2,1H3,(H,17,18). The molecule has 4 rings (SSSR count). The highest BCUT2D eigenvalue weighted by molar-refractivity contribution is 7.14. The third kappa shape index (κ3) is 3.34. The number of aryl methyl sites for hydroxylation is 1.